The van der Waals surface area contributed by atoms with Crippen LogP contribution in [0.25, 0.3) is 0 Å². The summed E-state index contributed by atoms with van der Waals surface area (Å²) < 4.78 is 11.1. The first kappa shape index (κ1) is 16.8. The van der Waals surface area contributed by atoms with Gasteiger partial charge in [-0.15, -0.1) is 0 Å². The van der Waals surface area contributed by atoms with E-state index in [0.29, 0.717) is 18.2 Å². The largest absolute Gasteiger partial charge is 0.482 e. The highest BCUT2D eigenvalue weighted by Gasteiger charge is 2.29. The van der Waals surface area contributed by atoms with Crippen molar-refractivity contribution in [1.29, 1.82) is 0 Å². The molecule has 1 aliphatic heterocycles. The van der Waals surface area contributed by atoms with Gasteiger partial charge in [-0.25, -0.2) is 0 Å². The Morgan fingerprint density at radius 1 is 1.29 bits per heavy atom. The molecule has 2 unspecified atom stereocenters. The van der Waals surface area contributed by atoms with Crippen molar-refractivity contribution in [3.05, 3.63) is 24.3 Å². The number of fused-ring (bicyclic) bond motifs is 1. The van der Waals surface area contributed by atoms with Gasteiger partial charge in [-0.05, 0) is 43.7 Å². The first-order valence-corrected chi connectivity index (χ1v) is 8.90. The van der Waals surface area contributed by atoms with Crippen LogP contribution in [-0.4, -0.2) is 31.1 Å². The van der Waals surface area contributed by atoms with E-state index in [2.05, 4.69) is 6.92 Å². The summed E-state index contributed by atoms with van der Waals surface area (Å²) in [6.07, 6.45) is 5.77. The Bertz CT molecular complexity index is 601. The normalized spacial score (nSPS) is 23.4. The molecule has 2 atom stereocenters. The maximum Gasteiger partial charge on any atom is 0.307 e. The quantitative estimate of drug-likeness (QED) is 0.777. The summed E-state index contributed by atoms with van der Waals surface area (Å²) in [5, 5.41) is 0. The van der Waals surface area contributed by atoms with E-state index in [1.165, 1.54) is 6.42 Å². The fraction of sp³-hybridized carbons (Fsp3) is 0.579. The summed E-state index contributed by atoms with van der Waals surface area (Å²) in [5.74, 6) is 0.833. The molecular formula is C19H25NO4. The number of anilines is 1. The zero-order valence-corrected chi connectivity index (χ0v) is 14.2. The molecule has 0 spiro atoms. The maximum atomic E-state index is 12.2. The first-order chi connectivity index (χ1) is 11.7. The average molecular weight is 331 g/mol. The second kappa shape index (κ2) is 7.69. The van der Waals surface area contributed by atoms with Crippen LogP contribution in [0.3, 0.4) is 0 Å². The number of amides is 1. The molecule has 0 N–H and O–H groups in total. The van der Waals surface area contributed by atoms with E-state index in [1.807, 2.05) is 24.3 Å². The molecule has 1 saturated carbocycles. The van der Waals surface area contributed by atoms with E-state index < -0.39 is 0 Å². The Hall–Kier alpha value is -2.04. The fourth-order valence-electron chi connectivity index (χ4n) is 3.63. The van der Waals surface area contributed by atoms with Crippen molar-refractivity contribution in [2.24, 2.45) is 5.92 Å². The number of rotatable bonds is 5. The van der Waals surface area contributed by atoms with Gasteiger partial charge in [-0.1, -0.05) is 25.5 Å². The molecule has 1 fully saturated rings. The minimum atomic E-state index is -0.211. The number of esters is 1. The molecule has 1 aliphatic carbocycles. The van der Waals surface area contributed by atoms with Gasteiger partial charge < -0.3 is 14.4 Å². The highest BCUT2D eigenvalue weighted by molar-refractivity contribution is 5.98. The standard InChI is InChI=1S/C19H25NO4/c1-2-14-7-3-5-9-16(14)24-19(22)11-12-20-15-8-4-6-10-17(15)23-13-18(20)21/h4,6,8,10,14,16H,2-3,5,7,9,11-13H2,1H3. The van der Waals surface area contributed by atoms with Gasteiger partial charge in [-0.3, -0.25) is 9.59 Å². The molecule has 1 aromatic carbocycles. The van der Waals surface area contributed by atoms with E-state index in [4.69, 9.17) is 9.47 Å². The Kier molecular flexibility index (Phi) is 5.38. The van der Waals surface area contributed by atoms with E-state index in [1.54, 1.807) is 4.90 Å². The molecule has 1 amide bonds. The van der Waals surface area contributed by atoms with E-state index >= 15 is 0 Å². The minimum Gasteiger partial charge on any atom is -0.482 e. The zero-order valence-electron chi connectivity index (χ0n) is 14.2. The van der Waals surface area contributed by atoms with Crippen LogP contribution in [0.1, 0.15) is 45.4 Å². The topological polar surface area (TPSA) is 55.8 Å². The van der Waals surface area contributed by atoms with Crippen LogP contribution in [-0.2, 0) is 14.3 Å². The van der Waals surface area contributed by atoms with E-state index in [-0.39, 0.29) is 31.0 Å². The highest BCUT2D eigenvalue weighted by atomic mass is 16.5. The molecule has 0 saturated heterocycles. The van der Waals surface area contributed by atoms with Gasteiger partial charge in [0.2, 0.25) is 0 Å². The summed E-state index contributed by atoms with van der Waals surface area (Å²) in [5.41, 5.74) is 0.727. The number of ether oxygens (including phenoxy) is 2. The molecule has 130 valence electrons. The lowest BCUT2D eigenvalue weighted by Crippen LogP contribution is -2.40. The molecule has 5 nitrogen and oxygen atoms in total. The number of para-hydroxylation sites is 2. The van der Waals surface area contributed by atoms with Crippen molar-refractivity contribution in [1.82, 2.24) is 0 Å². The summed E-state index contributed by atoms with van der Waals surface area (Å²) in [6, 6.07) is 7.40. The fourth-order valence-corrected chi connectivity index (χ4v) is 3.63. The van der Waals surface area contributed by atoms with Crippen molar-refractivity contribution in [2.75, 3.05) is 18.1 Å². The van der Waals surface area contributed by atoms with Crippen LogP contribution < -0.4 is 9.64 Å². The molecule has 3 rings (SSSR count). The first-order valence-electron chi connectivity index (χ1n) is 8.90. The van der Waals surface area contributed by atoms with Crippen molar-refractivity contribution in [3.8, 4) is 5.75 Å². The Balaban J connectivity index is 1.57. The molecule has 24 heavy (non-hydrogen) atoms. The molecule has 0 bridgehead atoms. The second-order valence-corrected chi connectivity index (χ2v) is 6.53. The molecule has 2 aliphatic rings. The molecule has 1 heterocycles. The SMILES string of the molecule is CCC1CCCCC1OC(=O)CCN1C(=O)COc2ccccc21. The predicted molar refractivity (Wildman–Crippen MR) is 91.0 cm³/mol. The van der Waals surface area contributed by atoms with Gasteiger partial charge in [0.25, 0.3) is 5.91 Å². The molecular weight excluding hydrogens is 306 g/mol. The van der Waals surface area contributed by atoms with Gasteiger partial charge >= 0.3 is 5.97 Å². The number of benzene rings is 1. The van der Waals surface area contributed by atoms with Crippen molar-refractivity contribution in [2.45, 2.75) is 51.6 Å². The van der Waals surface area contributed by atoms with E-state index in [0.717, 1.165) is 31.4 Å². The maximum absolute atomic E-state index is 12.2. The second-order valence-electron chi connectivity index (χ2n) is 6.53. The third kappa shape index (κ3) is 3.71. The van der Waals surface area contributed by atoms with Crippen LogP contribution in [0.2, 0.25) is 0 Å². The Morgan fingerprint density at radius 2 is 2.08 bits per heavy atom. The third-order valence-electron chi connectivity index (χ3n) is 4.99. The predicted octanol–water partition coefficient (Wildman–Crippen LogP) is 3.31. The zero-order chi connectivity index (χ0) is 16.9. The van der Waals surface area contributed by atoms with Gasteiger partial charge in [0, 0.05) is 6.54 Å². The summed E-state index contributed by atoms with van der Waals surface area (Å²) in [4.78, 5) is 26.0. The van der Waals surface area contributed by atoms with Crippen LogP contribution in [0.5, 0.6) is 5.75 Å². The summed E-state index contributed by atoms with van der Waals surface area (Å²) in [7, 11) is 0. The molecule has 5 heteroatoms. The highest BCUT2D eigenvalue weighted by Crippen LogP contribution is 2.32. The summed E-state index contributed by atoms with van der Waals surface area (Å²) in [6.45, 7) is 2.51. The minimum absolute atomic E-state index is 0.0204. The lowest BCUT2D eigenvalue weighted by molar-refractivity contribution is -0.153. The summed E-state index contributed by atoms with van der Waals surface area (Å²) >= 11 is 0. The van der Waals surface area contributed by atoms with Crippen molar-refractivity contribution >= 4 is 17.6 Å². The van der Waals surface area contributed by atoms with Crippen molar-refractivity contribution in [3.63, 3.8) is 0 Å². The van der Waals surface area contributed by atoms with Gasteiger partial charge in [-0.2, -0.15) is 0 Å². The third-order valence-corrected chi connectivity index (χ3v) is 4.99. The van der Waals surface area contributed by atoms with Crippen LogP contribution in [0.4, 0.5) is 5.69 Å². The molecule has 0 aromatic heterocycles. The average Bonchev–Trinajstić information content (AvgIpc) is 2.61. The van der Waals surface area contributed by atoms with Crippen LogP contribution in [0, 0.1) is 5.92 Å². The molecule has 1 aromatic rings. The monoisotopic (exact) mass is 331 g/mol. The van der Waals surface area contributed by atoms with Crippen molar-refractivity contribution < 1.29 is 19.1 Å². The Labute approximate surface area is 142 Å². The van der Waals surface area contributed by atoms with Gasteiger partial charge in [0.15, 0.2) is 6.61 Å². The van der Waals surface area contributed by atoms with Gasteiger partial charge in [0.05, 0.1) is 12.1 Å². The number of nitrogens with zero attached hydrogens (tertiary/aromatic N) is 1. The van der Waals surface area contributed by atoms with Gasteiger partial charge in [0.1, 0.15) is 11.9 Å². The van der Waals surface area contributed by atoms with Crippen LogP contribution >= 0.6 is 0 Å². The Morgan fingerprint density at radius 3 is 2.92 bits per heavy atom. The van der Waals surface area contributed by atoms with E-state index in [9.17, 15) is 9.59 Å². The lowest BCUT2D eigenvalue weighted by atomic mass is 9.85. The molecule has 0 radical (unpaired) electrons. The number of hydrogen-bond acceptors (Lipinski definition) is 4. The number of carbonyl (C=O) groups is 2. The van der Waals surface area contributed by atoms with Crippen LogP contribution in [0.15, 0.2) is 24.3 Å². The lowest BCUT2D eigenvalue weighted by Gasteiger charge is -2.31. The number of carbonyl (C=O) groups excluding carboxylic acids is 2. The smallest absolute Gasteiger partial charge is 0.307 e. The number of hydrogen-bond donors (Lipinski definition) is 0.